The Labute approximate surface area is 77.6 Å². The van der Waals surface area contributed by atoms with Gasteiger partial charge in [-0.3, -0.25) is 0 Å². The van der Waals surface area contributed by atoms with E-state index in [0.717, 1.165) is 11.1 Å². The van der Waals surface area contributed by atoms with Gasteiger partial charge in [0.1, 0.15) is 0 Å². The van der Waals surface area contributed by atoms with Crippen LogP contribution in [0.25, 0.3) is 10.8 Å². The summed E-state index contributed by atoms with van der Waals surface area (Å²) >= 11 is 0. The van der Waals surface area contributed by atoms with Crippen LogP contribution in [-0.4, -0.2) is 0 Å². The Hall–Kier alpha value is -1.21. The van der Waals surface area contributed by atoms with Gasteiger partial charge in [0.05, 0.1) is 0 Å². The normalized spacial score (nSPS) is 9.33. The zero-order valence-electron chi connectivity index (χ0n) is 6.53. The third-order valence-corrected chi connectivity index (χ3v) is 1.82. The molecule has 0 bridgehead atoms. The molecule has 0 saturated carbocycles. The van der Waals surface area contributed by atoms with Crippen molar-refractivity contribution in [2.45, 2.75) is 0 Å². The molecule has 0 saturated heterocycles. The van der Waals surface area contributed by atoms with Gasteiger partial charge < -0.3 is 5.73 Å². The Morgan fingerprint density at radius 3 is 2.25 bits per heavy atom. The molecular formula is C10H10ClN. The van der Waals surface area contributed by atoms with Crippen molar-refractivity contribution in [1.29, 1.82) is 0 Å². The molecule has 0 aliphatic heterocycles. The first-order valence-corrected chi connectivity index (χ1v) is 3.61. The van der Waals surface area contributed by atoms with Crippen LogP contribution >= 0.6 is 12.4 Å². The summed E-state index contributed by atoms with van der Waals surface area (Å²) < 4.78 is 0. The fourth-order valence-electron chi connectivity index (χ4n) is 1.25. The third kappa shape index (κ3) is 1.36. The summed E-state index contributed by atoms with van der Waals surface area (Å²) in [5.41, 5.74) is 6.61. The van der Waals surface area contributed by atoms with Gasteiger partial charge >= 0.3 is 0 Å². The van der Waals surface area contributed by atoms with Crippen LogP contribution in [0.2, 0.25) is 0 Å². The van der Waals surface area contributed by atoms with Gasteiger partial charge in [-0.05, 0) is 11.5 Å². The van der Waals surface area contributed by atoms with E-state index in [9.17, 15) is 0 Å². The minimum Gasteiger partial charge on any atom is -0.398 e. The summed E-state index contributed by atoms with van der Waals surface area (Å²) in [5, 5.41) is 2.34. The molecule has 0 amide bonds. The van der Waals surface area contributed by atoms with E-state index in [4.69, 9.17) is 5.73 Å². The lowest BCUT2D eigenvalue weighted by molar-refractivity contribution is 1.73. The minimum atomic E-state index is 0. The van der Waals surface area contributed by atoms with Crippen LogP contribution in [0.5, 0.6) is 0 Å². The topological polar surface area (TPSA) is 26.0 Å². The maximum Gasteiger partial charge on any atom is 0.0393 e. The first-order valence-electron chi connectivity index (χ1n) is 3.61. The Morgan fingerprint density at radius 1 is 0.833 bits per heavy atom. The van der Waals surface area contributed by atoms with Crippen LogP contribution in [0.1, 0.15) is 0 Å². The maximum absolute atomic E-state index is 5.76. The fraction of sp³-hybridized carbons (Fsp3) is 0. The molecular weight excluding hydrogens is 179 g/mol. The van der Waals surface area contributed by atoms with Crippen LogP contribution in [0.3, 0.4) is 0 Å². The number of fused-ring (bicyclic) bond motifs is 1. The van der Waals surface area contributed by atoms with Crippen molar-refractivity contribution in [2.24, 2.45) is 0 Å². The SMILES string of the molecule is Cl.N[13c]1[13cH][13cH][13cH][13c]2[13cH][13cH][13cH][13cH][13c]12. The van der Waals surface area contributed by atoms with Crippen molar-refractivity contribution in [3.8, 4) is 0 Å². The highest BCUT2D eigenvalue weighted by atomic mass is 35.5. The average molecular weight is 190 g/mol. The van der Waals surface area contributed by atoms with Gasteiger partial charge in [-0.25, -0.2) is 0 Å². The van der Waals surface area contributed by atoms with E-state index in [1.54, 1.807) is 0 Å². The van der Waals surface area contributed by atoms with Crippen molar-refractivity contribution < 1.29 is 0 Å². The molecule has 12 heavy (non-hydrogen) atoms. The van der Waals surface area contributed by atoms with Crippen LogP contribution in [-0.2, 0) is 0 Å². The summed E-state index contributed by atoms with van der Waals surface area (Å²) in [6.07, 6.45) is 0. The second-order valence-corrected chi connectivity index (χ2v) is 2.57. The standard InChI is InChI=1S/C10H9N.ClH/c11-10-7-3-5-8-4-1-2-6-9(8)10;/h1-7H,11H2;1H/i1+1,2+1,3+1,4+1,5+1,6+1,7+1,8+1,9+1,10+1;. The molecule has 2 N–H and O–H groups in total. The Kier molecular flexibility index (Phi) is 2.56. The molecule has 0 aromatic heterocycles. The van der Waals surface area contributed by atoms with E-state index in [2.05, 4.69) is 12.1 Å². The van der Waals surface area contributed by atoms with E-state index >= 15 is 0 Å². The lowest BCUT2D eigenvalue weighted by Gasteiger charge is -1.98. The highest BCUT2D eigenvalue weighted by Crippen LogP contribution is 2.19. The highest BCUT2D eigenvalue weighted by Gasteiger charge is 1.92. The van der Waals surface area contributed by atoms with Crippen molar-refractivity contribution in [3.63, 3.8) is 0 Å². The second kappa shape index (κ2) is 3.46. The monoisotopic (exact) mass is 189 g/mol. The Balaban J connectivity index is 0.000000720. The number of hydrogen-bond donors (Lipinski definition) is 1. The zero-order chi connectivity index (χ0) is 7.68. The molecule has 0 fully saturated rings. The van der Waals surface area contributed by atoms with Crippen molar-refractivity contribution in [3.05, 3.63) is 42.5 Å². The molecule has 0 atom stereocenters. The van der Waals surface area contributed by atoms with Gasteiger partial charge in [0.25, 0.3) is 0 Å². The molecule has 0 aliphatic rings. The predicted molar refractivity (Wildman–Crippen MR) is 55.6 cm³/mol. The Bertz CT molecular complexity index is 379. The molecule has 2 rings (SSSR count). The van der Waals surface area contributed by atoms with Gasteiger partial charge in [-0.2, -0.15) is 0 Å². The fourth-order valence-corrected chi connectivity index (χ4v) is 1.25. The van der Waals surface area contributed by atoms with Gasteiger partial charge in [0.2, 0.25) is 0 Å². The molecule has 62 valence electrons. The molecule has 0 aliphatic carbocycles. The molecule has 0 unspecified atom stereocenters. The van der Waals surface area contributed by atoms with Crippen LogP contribution < -0.4 is 5.73 Å². The van der Waals surface area contributed by atoms with Crippen molar-refractivity contribution >= 4 is 28.9 Å². The van der Waals surface area contributed by atoms with Gasteiger partial charge in [0, 0.05) is 11.1 Å². The van der Waals surface area contributed by atoms with Crippen molar-refractivity contribution in [2.75, 3.05) is 5.73 Å². The lowest BCUT2D eigenvalue weighted by Crippen LogP contribution is -1.84. The first kappa shape index (κ1) is 8.88. The molecule has 2 aromatic rings. The zero-order valence-corrected chi connectivity index (χ0v) is 7.34. The van der Waals surface area contributed by atoms with Gasteiger partial charge in [-0.15, -0.1) is 12.4 Å². The van der Waals surface area contributed by atoms with Crippen LogP contribution in [0.4, 0.5) is 5.69 Å². The maximum atomic E-state index is 5.76. The van der Waals surface area contributed by atoms with E-state index in [1.807, 2.05) is 30.3 Å². The number of anilines is 1. The van der Waals surface area contributed by atoms with E-state index in [-0.39, 0.29) is 12.4 Å². The quantitative estimate of drug-likeness (QED) is 0.634. The molecule has 0 radical (unpaired) electrons. The average Bonchev–Trinajstić information content (AvgIpc) is 2.06. The van der Waals surface area contributed by atoms with Crippen LogP contribution in [0.15, 0.2) is 42.5 Å². The van der Waals surface area contributed by atoms with E-state index in [1.165, 1.54) is 5.39 Å². The predicted octanol–water partition coefficient (Wildman–Crippen LogP) is 2.84. The molecule has 1 nitrogen and oxygen atoms in total. The summed E-state index contributed by atoms with van der Waals surface area (Å²) in [7, 11) is 0. The molecule has 2 aromatic carbocycles. The lowest BCUT2D eigenvalue weighted by atomic mass is 11.1. The van der Waals surface area contributed by atoms with Gasteiger partial charge in [-0.1, -0.05) is 36.4 Å². The summed E-state index contributed by atoms with van der Waals surface area (Å²) in [5.74, 6) is 0. The number of rotatable bonds is 0. The van der Waals surface area contributed by atoms with Gasteiger partial charge in [0.15, 0.2) is 0 Å². The number of nitrogen functional groups attached to an aromatic ring is 1. The minimum absolute atomic E-state index is 0. The Morgan fingerprint density at radius 2 is 1.50 bits per heavy atom. The summed E-state index contributed by atoms with van der Waals surface area (Å²) in [6.45, 7) is 0. The third-order valence-electron chi connectivity index (χ3n) is 1.82. The number of nitrogens with two attached hydrogens (primary N) is 1. The van der Waals surface area contributed by atoms with Crippen LogP contribution in [0, 0.1) is 0 Å². The first-order chi connectivity index (χ1) is 5.38. The molecule has 2 heteroatoms. The smallest absolute Gasteiger partial charge is 0.0393 e. The molecule has 0 heterocycles. The number of benzene rings is 2. The van der Waals surface area contributed by atoms with E-state index < -0.39 is 0 Å². The number of halogens is 1. The largest absolute Gasteiger partial charge is 0.398 e. The van der Waals surface area contributed by atoms with E-state index in [0.29, 0.717) is 0 Å². The summed E-state index contributed by atoms with van der Waals surface area (Å²) in [4.78, 5) is 0. The second-order valence-electron chi connectivity index (χ2n) is 2.57. The van der Waals surface area contributed by atoms with Crippen molar-refractivity contribution in [1.82, 2.24) is 0 Å². The summed E-state index contributed by atoms with van der Waals surface area (Å²) in [6, 6.07) is 14.1. The highest BCUT2D eigenvalue weighted by molar-refractivity contribution is 5.92. The number of hydrogen-bond acceptors (Lipinski definition) is 1. The molecule has 0 spiro atoms.